The van der Waals surface area contributed by atoms with Crippen molar-refractivity contribution < 1.29 is 36.4 Å². The zero-order chi connectivity index (χ0) is 22.8. The van der Waals surface area contributed by atoms with Gasteiger partial charge in [0.1, 0.15) is 5.92 Å². The van der Waals surface area contributed by atoms with Crippen molar-refractivity contribution in [2.24, 2.45) is 5.92 Å². The molecule has 1 unspecified atom stereocenters. The number of nitrogens with zero attached hydrogens (tertiary/aromatic N) is 1. The van der Waals surface area contributed by atoms with Crippen LogP contribution in [-0.2, 0) is 10.2 Å². The smallest absolute Gasteiger partial charge is 0.232 e. The van der Waals surface area contributed by atoms with Crippen LogP contribution in [0, 0.1) is 5.92 Å². The minimum Gasteiger partial charge on any atom is -1.00 e. The molecule has 5 nitrogen and oxygen atoms in total. The first-order valence-electron chi connectivity index (χ1n) is 12.2. The van der Waals surface area contributed by atoms with Crippen LogP contribution >= 0.6 is 0 Å². The predicted molar refractivity (Wildman–Crippen MR) is 124 cm³/mol. The summed E-state index contributed by atoms with van der Waals surface area (Å²) in [5, 5.41) is 2.26. The third-order valence-electron chi connectivity index (χ3n) is 8.12. The Hall–Kier alpha value is -2.31. The molecule has 1 amide bonds. The van der Waals surface area contributed by atoms with Crippen LogP contribution in [0.2, 0.25) is 0 Å². The molecular weight excluding hydrogens is 455 g/mol. The highest BCUT2D eigenvalue weighted by Gasteiger charge is 2.55. The Bertz CT molecular complexity index is 991. The second-order valence-electron chi connectivity index (χ2n) is 9.67. The fraction of sp³-hybridized carbons (Fsp3) is 0.519. The fourth-order valence-corrected chi connectivity index (χ4v) is 6.44. The maximum Gasteiger partial charge on any atom is 0.232 e. The average molecular weight is 489 g/mol. The van der Waals surface area contributed by atoms with E-state index < -0.39 is 6.67 Å². The number of likely N-dealkylation sites (tertiary alicyclic amines) is 1. The van der Waals surface area contributed by atoms with E-state index in [9.17, 15) is 9.18 Å². The first-order valence-corrected chi connectivity index (χ1v) is 12.2. The molecule has 3 aliphatic heterocycles. The summed E-state index contributed by atoms with van der Waals surface area (Å²) in [6, 6.07) is 16.4. The minimum atomic E-state index is -0.397. The number of para-hydroxylation sites is 1. The molecule has 7 heteroatoms. The number of carbonyl (C=O) groups is 1. The zero-order valence-corrected chi connectivity index (χ0v) is 20.5. The Morgan fingerprint density at radius 1 is 1.24 bits per heavy atom. The number of quaternary nitrogens is 1. The number of piperidine rings is 1. The predicted octanol–water partition coefficient (Wildman–Crippen LogP) is 0.0471. The van der Waals surface area contributed by atoms with E-state index in [1.807, 2.05) is 23.1 Å². The van der Waals surface area contributed by atoms with Gasteiger partial charge in [-0.3, -0.25) is 9.18 Å². The molecule has 2 fully saturated rings. The number of alkyl halides is 1. The van der Waals surface area contributed by atoms with Gasteiger partial charge in [-0.25, -0.2) is 0 Å². The van der Waals surface area contributed by atoms with E-state index in [1.165, 1.54) is 5.56 Å². The number of rotatable bonds is 5. The Labute approximate surface area is 207 Å². The summed E-state index contributed by atoms with van der Waals surface area (Å²) >= 11 is 0. The van der Waals surface area contributed by atoms with E-state index in [2.05, 4.69) is 35.6 Å². The zero-order valence-electron chi connectivity index (χ0n) is 19.7. The number of benzene rings is 2. The summed E-state index contributed by atoms with van der Waals surface area (Å²) in [6.45, 7) is 2.50. The van der Waals surface area contributed by atoms with Crippen LogP contribution in [-0.4, -0.2) is 56.9 Å². The lowest BCUT2D eigenvalue weighted by molar-refractivity contribution is -0.640. The van der Waals surface area contributed by atoms with Gasteiger partial charge in [0, 0.05) is 18.2 Å². The van der Waals surface area contributed by atoms with Crippen molar-refractivity contribution in [2.45, 2.75) is 43.1 Å². The molecule has 0 saturated carbocycles. The molecule has 3 heterocycles. The Balaban J connectivity index is 0.00000274. The molecule has 1 spiro atoms. The molecule has 2 saturated heterocycles. The van der Waals surface area contributed by atoms with Crippen molar-refractivity contribution in [3.63, 3.8) is 0 Å². The Kier molecular flexibility index (Phi) is 7.68. The van der Waals surface area contributed by atoms with E-state index in [4.69, 9.17) is 9.47 Å². The molecule has 0 bridgehead atoms. The van der Waals surface area contributed by atoms with Crippen LogP contribution in [0.3, 0.4) is 0 Å². The molecule has 0 radical (unpaired) electrons. The van der Waals surface area contributed by atoms with Gasteiger partial charge in [0.2, 0.25) is 5.91 Å². The number of fused-ring (bicyclic) bond motifs is 2. The van der Waals surface area contributed by atoms with E-state index in [-0.39, 0.29) is 35.7 Å². The molecule has 0 aliphatic carbocycles. The Morgan fingerprint density at radius 3 is 2.82 bits per heavy atom. The fourth-order valence-electron chi connectivity index (χ4n) is 6.44. The van der Waals surface area contributed by atoms with Crippen molar-refractivity contribution >= 4 is 5.91 Å². The maximum atomic E-state index is 14.1. The Morgan fingerprint density at radius 2 is 2.06 bits per heavy atom. The highest BCUT2D eigenvalue weighted by molar-refractivity contribution is 5.82. The molecular formula is C27H34ClFN2O3. The topological polar surface area (TPSA) is 55.4 Å². The van der Waals surface area contributed by atoms with Gasteiger partial charge < -0.3 is 32.1 Å². The van der Waals surface area contributed by atoms with Crippen molar-refractivity contribution in [1.82, 2.24) is 4.90 Å². The normalized spacial score (nSPS) is 28.1. The molecule has 34 heavy (non-hydrogen) atoms. The number of hydrogen-bond acceptors (Lipinski definition) is 3. The molecule has 5 rings (SSSR count). The van der Waals surface area contributed by atoms with Crippen molar-refractivity contribution in [1.29, 1.82) is 0 Å². The molecule has 184 valence electrons. The highest BCUT2D eigenvalue weighted by Crippen LogP contribution is 2.49. The summed E-state index contributed by atoms with van der Waals surface area (Å²) in [7, 11) is 1.65. The van der Waals surface area contributed by atoms with E-state index >= 15 is 0 Å². The van der Waals surface area contributed by atoms with Crippen molar-refractivity contribution in [2.75, 3.05) is 40.0 Å². The summed E-state index contributed by atoms with van der Waals surface area (Å²) in [4.78, 5) is 16.1. The first-order chi connectivity index (χ1) is 16.2. The van der Waals surface area contributed by atoms with E-state index in [0.29, 0.717) is 25.5 Å². The molecule has 2 aromatic carbocycles. The van der Waals surface area contributed by atoms with Crippen molar-refractivity contribution in [3.05, 3.63) is 59.7 Å². The summed E-state index contributed by atoms with van der Waals surface area (Å²) in [5.74, 6) is 1.93. The number of amides is 1. The average Bonchev–Trinajstić information content (AvgIpc) is 3.28. The van der Waals surface area contributed by atoms with Crippen LogP contribution in [0.25, 0.3) is 0 Å². The third-order valence-corrected chi connectivity index (χ3v) is 8.12. The quantitative estimate of drug-likeness (QED) is 0.647. The van der Waals surface area contributed by atoms with Crippen LogP contribution in [0.4, 0.5) is 4.39 Å². The lowest BCUT2D eigenvalue weighted by atomic mass is 9.68. The minimum absolute atomic E-state index is 0. The summed E-state index contributed by atoms with van der Waals surface area (Å²) in [5.41, 5.74) is 2.11. The molecule has 2 N–H and O–H groups in total. The largest absolute Gasteiger partial charge is 1.00 e. The van der Waals surface area contributed by atoms with Gasteiger partial charge in [0.25, 0.3) is 0 Å². The number of nitrogens with two attached hydrogens (primary N) is 1. The lowest BCUT2D eigenvalue weighted by Crippen LogP contribution is -3.00. The number of methoxy groups -OCH3 is 1. The van der Waals surface area contributed by atoms with Crippen LogP contribution < -0.4 is 27.2 Å². The maximum absolute atomic E-state index is 14.1. The lowest BCUT2D eigenvalue weighted by Gasteiger charge is -2.44. The van der Waals surface area contributed by atoms with Gasteiger partial charge in [-0.05, 0) is 43.2 Å². The number of halogens is 2. The standard InChI is InChI=1S/C27H33FN2O3.ClH/c1-32-24-9-5-8-22-25(24)33-15-12-27(22)18-29-17-23(27)26(31)30-14-11-20(16-21(30)10-13-28)19-6-3-2-4-7-19;/h2-9,20-21,23,29H,10-18H2,1H3;1H/t20?,21-,23+,27+;/m1./s1. The van der Waals surface area contributed by atoms with Crippen LogP contribution in [0.5, 0.6) is 11.5 Å². The second kappa shape index (κ2) is 10.5. The van der Waals surface area contributed by atoms with Gasteiger partial charge >= 0.3 is 0 Å². The first kappa shape index (κ1) is 24.8. The van der Waals surface area contributed by atoms with Crippen molar-refractivity contribution in [3.8, 4) is 11.5 Å². The van der Waals surface area contributed by atoms with Gasteiger partial charge in [0.15, 0.2) is 11.5 Å². The molecule has 0 aromatic heterocycles. The monoisotopic (exact) mass is 488 g/mol. The molecule has 3 aliphatic rings. The molecule has 4 atom stereocenters. The van der Waals surface area contributed by atoms with Crippen LogP contribution in [0.1, 0.15) is 42.7 Å². The number of hydrogen-bond donors (Lipinski definition) is 1. The number of carbonyl (C=O) groups excluding carboxylic acids is 1. The van der Waals surface area contributed by atoms with E-state index in [1.54, 1.807) is 7.11 Å². The SMILES string of the molecule is COc1cccc2c1OCC[C@]21C[NH2+]C[C@H]1C(=O)N1CCC(c2ccccc2)C[C@H]1CCF.[Cl-]. The van der Waals surface area contributed by atoms with E-state index in [0.717, 1.165) is 49.4 Å². The second-order valence-corrected chi connectivity index (χ2v) is 9.67. The van der Waals surface area contributed by atoms with Gasteiger partial charge in [-0.15, -0.1) is 0 Å². The third kappa shape index (κ3) is 4.27. The van der Waals surface area contributed by atoms with Crippen LogP contribution in [0.15, 0.2) is 48.5 Å². The highest BCUT2D eigenvalue weighted by atomic mass is 35.5. The van der Waals surface area contributed by atoms with Gasteiger partial charge in [-0.2, -0.15) is 0 Å². The summed E-state index contributed by atoms with van der Waals surface area (Å²) in [6.07, 6.45) is 2.98. The summed E-state index contributed by atoms with van der Waals surface area (Å²) < 4.78 is 25.1. The van der Waals surface area contributed by atoms with Gasteiger partial charge in [-0.1, -0.05) is 42.5 Å². The molecule has 2 aromatic rings. The number of ether oxygens (including phenoxy) is 2. The van der Waals surface area contributed by atoms with Gasteiger partial charge in [0.05, 0.1) is 38.9 Å².